The summed E-state index contributed by atoms with van der Waals surface area (Å²) < 4.78 is 16.6. The molecule has 0 aliphatic carbocycles. The third kappa shape index (κ3) is 6.53. The van der Waals surface area contributed by atoms with Gasteiger partial charge in [0.15, 0.2) is 23.6 Å². The first-order valence-corrected chi connectivity index (χ1v) is 9.58. The monoisotopic (exact) mass is 428 g/mol. The highest BCUT2D eigenvalue weighted by molar-refractivity contribution is 5.80. The Hall–Kier alpha value is -3.95. The number of hydrogen-bond acceptors (Lipinski definition) is 6. The number of aliphatic carboxylic acids is 1. The molecule has 31 heavy (non-hydrogen) atoms. The minimum atomic E-state index is -1.18. The Morgan fingerprint density at radius 2 is 1.94 bits per heavy atom. The summed E-state index contributed by atoms with van der Waals surface area (Å²) in [6.45, 7) is 0.559. The average molecular weight is 428 g/mol. The third-order valence-corrected chi connectivity index (χ3v) is 4.45. The van der Waals surface area contributed by atoms with Gasteiger partial charge in [0, 0.05) is 6.42 Å². The molecule has 0 bridgehead atoms. The van der Waals surface area contributed by atoms with Crippen molar-refractivity contribution in [1.29, 1.82) is 0 Å². The van der Waals surface area contributed by atoms with Crippen LogP contribution in [0.25, 0.3) is 0 Å². The van der Waals surface area contributed by atoms with Crippen molar-refractivity contribution in [2.75, 3.05) is 13.2 Å². The lowest BCUT2D eigenvalue weighted by Crippen LogP contribution is -2.42. The van der Waals surface area contributed by atoms with E-state index in [2.05, 4.69) is 10.3 Å². The molecule has 2 aromatic rings. The lowest BCUT2D eigenvalue weighted by atomic mass is 10.1. The number of nitrogens with one attached hydrogen (secondary N) is 1. The van der Waals surface area contributed by atoms with Crippen LogP contribution in [0.4, 0.5) is 4.79 Å². The molecule has 164 valence electrons. The van der Waals surface area contributed by atoms with E-state index in [1.807, 2.05) is 18.2 Å². The summed E-state index contributed by atoms with van der Waals surface area (Å²) in [5.41, 5.74) is 12.1. The van der Waals surface area contributed by atoms with Gasteiger partial charge in [-0.1, -0.05) is 36.4 Å². The average Bonchev–Trinajstić information content (AvgIpc) is 2.76. The number of hydrogen-bond donors (Lipinski definition) is 4. The number of amides is 1. The Kier molecular flexibility index (Phi) is 7.15. The number of alkyl carbamates (subject to hydrolysis) is 1. The predicted octanol–water partition coefficient (Wildman–Crippen LogP) is 1.02. The first-order valence-electron chi connectivity index (χ1n) is 9.58. The van der Waals surface area contributed by atoms with Crippen molar-refractivity contribution in [3.8, 4) is 11.5 Å². The molecule has 10 nitrogen and oxygen atoms in total. The van der Waals surface area contributed by atoms with Crippen LogP contribution in [0.2, 0.25) is 0 Å². The number of carbonyl (C=O) groups is 2. The highest BCUT2D eigenvalue weighted by Gasteiger charge is 2.24. The summed E-state index contributed by atoms with van der Waals surface area (Å²) in [5, 5.41) is 11.9. The van der Waals surface area contributed by atoms with Crippen molar-refractivity contribution in [1.82, 2.24) is 5.32 Å². The summed E-state index contributed by atoms with van der Waals surface area (Å²) in [4.78, 5) is 27.6. The number of nitrogens with zero attached hydrogens (tertiary/aromatic N) is 1. The van der Waals surface area contributed by atoms with Gasteiger partial charge in [0.05, 0.1) is 6.54 Å². The van der Waals surface area contributed by atoms with Gasteiger partial charge in [-0.15, -0.1) is 0 Å². The fourth-order valence-corrected chi connectivity index (χ4v) is 2.93. The molecule has 0 radical (unpaired) electrons. The third-order valence-electron chi connectivity index (χ3n) is 4.45. The molecule has 1 amide bonds. The standard InChI is InChI=1S/C21H24N4O6/c22-20(23)24-10-15-12-29-18-9-14(6-7-17(18)31-15)8-16(19(26)27)25-21(28)30-11-13-4-2-1-3-5-13/h1-7,9,15-16H,8,10-12H2,(H,25,28)(H,26,27)(H4,22,23,24). The molecule has 1 aliphatic heterocycles. The number of carbonyl (C=O) groups excluding carboxylic acids is 1. The molecule has 1 heterocycles. The number of ether oxygens (including phenoxy) is 3. The smallest absolute Gasteiger partial charge is 0.408 e. The molecule has 6 N–H and O–H groups in total. The normalized spacial score (nSPS) is 15.4. The van der Waals surface area contributed by atoms with Crippen LogP contribution in [0.5, 0.6) is 11.5 Å². The Balaban J connectivity index is 1.57. The molecule has 10 heteroatoms. The van der Waals surface area contributed by atoms with Crippen LogP contribution in [-0.2, 0) is 22.6 Å². The maximum Gasteiger partial charge on any atom is 0.408 e. The molecule has 2 aromatic carbocycles. The highest BCUT2D eigenvalue weighted by atomic mass is 16.6. The first kappa shape index (κ1) is 21.8. The SMILES string of the molecule is NC(N)=NCC1COc2cc(CC(NC(=O)OCc3ccccc3)C(=O)O)ccc2O1. The second-order valence-electron chi connectivity index (χ2n) is 6.90. The van der Waals surface area contributed by atoms with E-state index in [1.54, 1.807) is 30.3 Å². The molecule has 0 fully saturated rings. The fourth-order valence-electron chi connectivity index (χ4n) is 2.93. The summed E-state index contributed by atoms with van der Waals surface area (Å²) in [6.07, 6.45) is -1.09. The molecule has 2 unspecified atom stereocenters. The van der Waals surface area contributed by atoms with E-state index in [0.717, 1.165) is 5.56 Å². The second-order valence-corrected chi connectivity index (χ2v) is 6.90. The van der Waals surface area contributed by atoms with E-state index in [0.29, 0.717) is 17.1 Å². The van der Waals surface area contributed by atoms with Crippen LogP contribution >= 0.6 is 0 Å². The Bertz CT molecular complexity index is 946. The van der Waals surface area contributed by atoms with E-state index in [4.69, 9.17) is 25.7 Å². The maximum atomic E-state index is 12.0. The molecule has 0 spiro atoms. The fraction of sp³-hybridized carbons (Fsp3) is 0.286. The van der Waals surface area contributed by atoms with Crippen molar-refractivity contribution in [2.24, 2.45) is 16.5 Å². The molecular weight excluding hydrogens is 404 g/mol. The lowest BCUT2D eigenvalue weighted by Gasteiger charge is -2.26. The zero-order valence-electron chi connectivity index (χ0n) is 16.7. The highest BCUT2D eigenvalue weighted by Crippen LogP contribution is 2.33. The van der Waals surface area contributed by atoms with Crippen molar-refractivity contribution >= 4 is 18.0 Å². The number of benzene rings is 2. The molecule has 2 atom stereocenters. The molecular formula is C21H24N4O6. The minimum Gasteiger partial charge on any atom is -0.486 e. The topological polar surface area (TPSA) is 158 Å². The van der Waals surface area contributed by atoms with E-state index in [-0.39, 0.29) is 38.2 Å². The number of guanidine groups is 1. The van der Waals surface area contributed by atoms with Crippen LogP contribution < -0.4 is 26.3 Å². The number of aliphatic imine (C=N–C) groups is 1. The van der Waals surface area contributed by atoms with Gasteiger partial charge in [0.1, 0.15) is 19.3 Å². The number of rotatable bonds is 8. The minimum absolute atomic E-state index is 0.0285. The van der Waals surface area contributed by atoms with E-state index in [1.165, 1.54) is 0 Å². The van der Waals surface area contributed by atoms with Crippen LogP contribution in [-0.4, -0.2) is 48.4 Å². The Morgan fingerprint density at radius 1 is 1.16 bits per heavy atom. The predicted molar refractivity (Wildman–Crippen MR) is 112 cm³/mol. The molecule has 1 aliphatic rings. The van der Waals surface area contributed by atoms with Crippen molar-refractivity contribution in [2.45, 2.75) is 25.2 Å². The van der Waals surface area contributed by atoms with Gasteiger partial charge in [-0.2, -0.15) is 0 Å². The van der Waals surface area contributed by atoms with Crippen LogP contribution in [0.15, 0.2) is 53.5 Å². The molecule has 0 aromatic heterocycles. The Labute approximate surface area is 178 Å². The molecule has 0 saturated heterocycles. The van der Waals surface area contributed by atoms with Gasteiger partial charge in [0.25, 0.3) is 0 Å². The summed E-state index contributed by atoms with van der Waals surface area (Å²) in [5.74, 6) is -0.217. The Morgan fingerprint density at radius 3 is 2.65 bits per heavy atom. The molecule has 0 saturated carbocycles. The van der Waals surface area contributed by atoms with Gasteiger partial charge >= 0.3 is 12.1 Å². The van der Waals surface area contributed by atoms with Crippen LogP contribution in [0, 0.1) is 0 Å². The van der Waals surface area contributed by atoms with Gasteiger partial charge < -0.3 is 36.1 Å². The largest absolute Gasteiger partial charge is 0.486 e. The van der Waals surface area contributed by atoms with Crippen molar-refractivity contribution < 1.29 is 28.9 Å². The summed E-state index contributed by atoms with van der Waals surface area (Å²) >= 11 is 0. The zero-order chi connectivity index (χ0) is 22.2. The lowest BCUT2D eigenvalue weighted by molar-refractivity contribution is -0.139. The molecule has 3 rings (SSSR count). The van der Waals surface area contributed by atoms with Crippen LogP contribution in [0.1, 0.15) is 11.1 Å². The van der Waals surface area contributed by atoms with Crippen LogP contribution in [0.3, 0.4) is 0 Å². The quantitative estimate of drug-likeness (QED) is 0.358. The number of nitrogens with two attached hydrogens (primary N) is 2. The van der Waals surface area contributed by atoms with E-state index < -0.39 is 18.1 Å². The number of fused-ring (bicyclic) bond motifs is 1. The summed E-state index contributed by atoms with van der Waals surface area (Å²) in [6, 6.07) is 13.0. The van der Waals surface area contributed by atoms with E-state index >= 15 is 0 Å². The van der Waals surface area contributed by atoms with Crippen molar-refractivity contribution in [3.63, 3.8) is 0 Å². The van der Waals surface area contributed by atoms with Crippen molar-refractivity contribution in [3.05, 3.63) is 59.7 Å². The second kappa shape index (κ2) is 10.2. The summed E-state index contributed by atoms with van der Waals surface area (Å²) in [7, 11) is 0. The number of carboxylic acids is 1. The zero-order valence-corrected chi connectivity index (χ0v) is 16.7. The number of carboxylic acid groups (broad SMARTS) is 1. The van der Waals surface area contributed by atoms with Gasteiger partial charge in [-0.3, -0.25) is 0 Å². The first-order chi connectivity index (χ1) is 14.9. The van der Waals surface area contributed by atoms with Gasteiger partial charge in [-0.25, -0.2) is 14.6 Å². The van der Waals surface area contributed by atoms with Gasteiger partial charge in [0.2, 0.25) is 0 Å². The van der Waals surface area contributed by atoms with Gasteiger partial charge in [-0.05, 0) is 23.3 Å². The maximum absolute atomic E-state index is 12.0. The van der Waals surface area contributed by atoms with E-state index in [9.17, 15) is 14.7 Å².